The van der Waals surface area contributed by atoms with Crippen molar-refractivity contribution in [2.45, 2.75) is 128 Å². The second kappa shape index (κ2) is 14.8. The molecule has 0 bridgehead atoms. The van der Waals surface area contributed by atoms with Crippen LogP contribution in [0.4, 0.5) is 4.79 Å². The Morgan fingerprint density at radius 1 is 1.00 bits per heavy atom. The highest BCUT2D eigenvalue weighted by molar-refractivity contribution is 7.90. The molecule has 1 heterocycles. The lowest BCUT2D eigenvalue weighted by Gasteiger charge is -2.30. The number of carbonyl (C=O) groups is 5. The number of unbranched alkanes of at least 4 members (excludes halogenated alkanes) is 1. The monoisotopic (exact) mass is 598 g/mol. The summed E-state index contributed by atoms with van der Waals surface area (Å²) >= 11 is 0. The van der Waals surface area contributed by atoms with Crippen LogP contribution in [0.15, 0.2) is 11.6 Å². The van der Waals surface area contributed by atoms with Crippen molar-refractivity contribution in [3.05, 3.63) is 11.6 Å². The molecule has 0 aromatic rings. The van der Waals surface area contributed by atoms with E-state index in [-0.39, 0.29) is 31.6 Å². The summed E-state index contributed by atoms with van der Waals surface area (Å²) in [6, 6.07) is -3.11. The average molecular weight is 599 g/mol. The van der Waals surface area contributed by atoms with E-state index >= 15 is 0 Å². The van der Waals surface area contributed by atoms with Gasteiger partial charge in [0.25, 0.3) is 5.91 Å². The molecule has 0 aromatic heterocycles. The summed E-state index contributed by atoms with van der Waals surface area (Å²) in [5, 5.41) is 4.63. The number of ether oxygens (including phenoxy) is 1. The van der Waals surface area contributed by atoms with Crippen LogP contribution in [-0.2, 0) is 33.9 Å². The van der Waals surface area contributed by atoms with E-state index in [0.29, 0.717) is 32.1 Å². The van der Waals surface area contributed by atoms with Gasteiger partial charge in [0.05, 0.1) is 5.25 Å². The molecule has 4 amide bonds. The van der Waals surface area contributed by atoms with Gasteiger partial charge in [0.2, 0.25) is 21.8 Å². The zero-order valence-electron chi connectivity index (χ0n) is 25.1. The van der Waals surface area contributed by atoms with Crippen LogP contribution in [0.25, 0.3) is 0 Å². The highest BCUT2D eigenvalue weighted by Crippen LogP contribution is 2.27. The van der Waals surface area contributed by atoms with Gasteiger partial charge in [0.1, 0.15) is 23.7 Å². The van der Waals surface area contributed by atoms with Crippen LogP contribution in [0, 0.1) is 0 Å². The number of nitrogens with zero attached hydrogens (tertiary/aromatic N) is 1. The van der Waals surface area contributed by atoms with Crippen LogP contribution in [0.1, 0.15) is 99.3 Å². The van der Waals surface area contributed by atoms with E-state index in [0.717, 1.165) is 12.0 Å². The highest BCUT2D eigenvalue weighted by atomic mass is 32.2. The van der Waals surface area contributed by atoms with Crippen molar-refractivity contribution >= 4 is 39.6 Å². The Bertz CT molecular complexity index is 1120. The summed E-state index contributed by atoms with van der Waals surface area (Å²) in [7, 11) is -3.79. The Hall–Kier alpha value is -2.96. The predicted octanol–water partition coefficient (Wildman–Crippen LogP) is 2.47. The molecule has 41 heavy (non-hydrogen) atoms. The molecule has 1 aliphatic carbocycles. The van der Waals surface area contributed by atoms with Crippen LogP contribution in [0.5, 0.6) is 0 Å². The molecule has 2 rings (SSSR count). The maximum absolute atomic E-state index is 13.6. The first kappa shape index (κ1) is 34.2. The van der Waals surface area contributed by atoms with Gasteiger partial charge in [0.15, 0.2) is 5.78 Å². The molecule has 2 aliphatic rings. The van der Waals surface area contributed by atoms with E-state index in [9.17, 15) is 32.4 Å². The Morgan fingerprint density at radius 3 is 2.22 bits per heavy atom. The second-order valence-electron chi connectivity index (χ2n) is 12.0. The Morgan fingerprint density at radius 2 is 1.66 bits per heavy atom. The number of rotatable bonds is 14. The lowest BCUT2D eigenvalue weighted by atomic mass is 10.0. The van der Waals surface area contributed by atoms with Gasteiger partial charge in [-0.05, 0) is 79.2 Å². The van der Waals surface area contributed by atoms with Crippen LogP contribution in [-0.4, -0.2) is 78.4 Å². The molecule has 3 atom stereocenters. The summed E-state index contributed by atoms with van der Waals surface area (Å²) in [4.78, 5) is 66.1. The molecule has 1 saturated heterocycles. The van der Waals surface area contributed by atoms with Gasteiger partial charge in [-0.25, -0.2) is 13.2 Å². The normalized spacial score (nSPS) is 18.6. The zero-order valence-corrected chi connectivity index (χ0v) is 25.9. The minimum atomic E-state index is -3.79. The molecule has 12 nitrogen and oxygen atoms in total. The van der Waals surface area contributed by atoms with Crippen molar-refractivity contribution in [1.82, 2.24) is 20.3 Å². The Labute approximate surface area is 243 Å². The van der Waals surface area contributed by atoms with E-state index in [4.69, 9.17) is 4.74 Å². The molecule has 0 aromatic carbocycles. The fourth-order valence-corrected chi connectivity index (χ4v) is 5.86. The topological polar surface area (TPSA) is 168 Å². The summed E-state index contributed by atoms with van der Waals surface area (Å²) < 4.78 is 32.0. The first-order chi connectivity index (χ1) is 19.0. The highest BCUT2D eigenvalue weighted by Gasteiger charge is 2.41. The molecule has 2 unspecified atom stereocenters. The molecule has 0 spiro atoms. The number of nitrogens with one attached hydrogen (secondary N) is 3. The minimum Gasteiger partial charge on any atom is -0.444 e. The van der Waals surface area contributed by atoms with Crippen molar-refractivity contribution in [3.63, 3.8) is 0 Å². The van der Waals surface area contributed by atoms with E-state index in [2.05, 4.69) is 15.4 Å². The molecular formula is C28H46N4O8S. The van der Waals surface area contributed by atoms with Crippen molar-refractivity contribution in [2.24, 2.45) is 0 Å². The summed E-state index contributed by atoms with van der Waals surface area (Å²) in [5.74, 6) is -2.11. The molecule has 3 N–H and O–H groups in total. The summed E-state index contributed by atoms with van der Waals surface area (Å²) in [6.07, 6.45) is 4.03. The van der Waals surface area contributed by atoms with Crippen molar-refractivity contribution < 1.29 is 37.1 Å². The van der Waals surface area contributed by atoms with Gasteiger partial charge >= 0.3 is 6.09 Å². The Balaban J connectivity index is 2.18. The van der Waals surface area contributed by atoms with Crippen LogP contribution >= 0.6 is 0 Å². The molecule has 1 aliphatic heterocycles. The Kier molecular flexibility index (Phi) is 12.3. The maximum atomic E-state index is 13.6. The van der Waals surface area contributed by atoms with Gasteiger partial charge in [-0.3, -0.25) is 23.9 Å². The predicted molar refractivity (Wildman–Crippen MR) is 153 cm³/mol. The van der Waals surface area contributed by atoms with Crippen molar-refractivity contribution in [3.8, 4) is 0 Å². The number of allylic oxidation sites excluding steroid dienone is 2. The lowest BCUT2D eigenvalue weighted by Crippen LogP contribution is -2.57. The van der Waals surface area contributed by atoms with E-state index in [1.54, 1.807) is 34.6 Å². The van der Waals surface area contributed by atoms with E-state index in [1.807, 2.05) is 6.92 Å². The smallest absolute Gasteiger partial charge is 0.408 e. The third-order valence-corrected chi connectivity index (χ3v) is 8.48. The third kappa shape index (κ3) is 11.4. The molecule has 2 fully saturated rings. The number of hydrogen-bond acceptors (Lipinski definition) is 8. The third-order valence-electron chi connectivity index (χ3n) is 6.64. The number of likely N-dealkylation sites (tertiary alicyclic amines) is 1. The van der Waals surface area contributed by atoms with Crippen LogP contribution < -0.4 is 15.4 Å². The van der Waals surface area contributed by atoms with Gasteiger partial charge in [-0.15, -0.1) is 0 Å². The molecular weight excluding hydrogens is 552 g/mol. The van der Waals surface area contributed by atoms with E-state index < -0.39 is 62.8 Å². The second-order valence-corrected chi connectivity index (χ2v) is 14.0. The number of amides is 4. The zero-order chi connectivity index (χ0) is 31.0. The molecule has 232 valence electrons. The maximum Gasteiger partial charge on any atom is 0.408 e. The van der Waals surface area contributed by atoms with Crippen molar-refractivity contribution in [2.75, 3.05) is 6.54 Å². The largest absolute Gasteiger partial charge is 0.444 e. The van der Waals surface area contributed by atoms with Gasteiger partial charge in [-0.1, -0.05) is 25.3 Å². The summed E-state index contributed by atoms with van der Waals surface area (Å²) in [6.45, 7) is 10.8. The minimum absolute atomic E-state index is 0.00316. The average Bonchev–Trinajstić information content (AvgIpc) is 3.60. The van der Waals surface area contributed by atoms with Crippen molar-refractivity contribution in [1.29, 1.82) is 0 Å². The van der Waals surface area contributed by atoms with Gasteiger partial charge in [-0.2, -0.15) is 0 Å². The fourth-order valence-electron chi connectivity index (χ4n) is 4.51. The number of ketones is 1. The first-order valence-electron chi connectivity index (χ1n) is 14.4. The quantitative estimate of drug-likeness (QED) is 0.256. The van der Waals surface area contributed by atoms with Crippen LogP contribution in [0.2, 0.25) is 0 Å². The van der Waals surface area contributed by atoms with Gasteiger partial charge < -0.3 is 20.3 Å². The standard InChI is InChI=1S/C28H46N4O8S/c1-7-8-10-21(24(34)31-41(38,39)20-13-14-20)29-25(35)23-11-9-16-32(23)26(36)22(15-12-19(33)17-18(2)3)30-27(37)40-28(4,5)6/h17,20-23H,7-16H2,1-6H3,(H,29,35)(H,30,37)(H,31,34)/t21?,22-,23?/m0/s1. The molecule has 1 saturated carbocycles. The SMILES string of the molecule is CCCCC(NC(=O)C1CCCN1C(=O)[C@H](CCC(=O)C=C(C)C)NC(=O)OC(C)(C)C)C(=O)NS(=O)(=O)C1CC1. The van der Waals surface area contributed by atoms with Crippen LogP contribution in [0.3, 0.4) is 0 Å². The molecule has 0 radical (unpaired) electrons. The first-order valence-corrected chi connectivity index (χ1v) is 15.9. The number of alkyl carbamates (subject to hydrolysis) is 1. The van der Waals surface area contributed by atoms with Gasteiger partial charge in [0, 0.05) is 13.0 Å². The number of hydrogen-bond donors (Lipinski definition) is 3. The number of sulfonamides is 1. The summed E-state index contributed by atoms with van der Waals surface area (Å²) in [5.41, 5.74) is -0.00647. The number of carbonyl (C=O) groups excluding carboxylic acids is 5. The fraction of sp³-hybridized carbons (Fsp3) is 0.750. The molecule has 13 heteroatoms. The van der Waals surface area contributed by atoms with E-state index in [1.165, 1.54) is 11.0 Å². The lowest BCUT2D eigenvalue weighted by molar-refractivity contribution is -0.141.